The van der Waals surface area contributed by atoms with E-state index in [9.17, 15) is 24.0 Å². The van der Waals surface area contributed by atoms with Crippen LogP contribution in [0.25, 0.3) is 0 Å². The van der Waals surface area contributed by atoms with Crippen LogP contribution < -0.4 is 10.2 Å². The number of hydrazine groups is 1. The van der Waals surface area contributed by atoms with Gasteiger partial charge in [-0.05, 0) is 60.7 Å². The number of carbonyl (C=O) groups is 5. The van der Waals surface area contributed by atoms with E-state index in [1.165, 1.54) is 24.3 Å². The molecule has 188 valence electrons. The molecule has 0 spiro atoms. The van der Waals surface area contributed by atoms with Gasteiger partial charge >= 0.3 is 11.9 Å². The van der Waals surface area contributed by atoms with Gasteiger partial charge in [0.1, 0.15) is 5.75 Å². The number of nitrogens with one attached hydrogen (secondary N) is 1. The first kappa shape index (κ1) is 25.8. The maximum atomic E-state index is 12.5. The minimum Gasteiger partial charge on any atom is -0.457 e. The second-order valence-electron chi connectivity index (χ2n) is 8.16. The Morgan fingerprint density at radius 1 is 0.865 bits per heavy atom. The molecule has 1 N–H and O–H groups in total. The van der Waals surface area contributed by atoms with E-state index in [1.54, 1.807) is 54.6 Å². The van der Waals surface area contributed by atoms with Crippen molar-refractivity contribution in [3.05, 3.63) is 100 Å². The Kier molecular flexibility index (Phi) is 8.09. The predicted octanol–water partition coefficient (Wildman–Crippen LogP) is 3.59. The smallest absolute Gasteiger partial charge is 0.343 e. The highest BCUT2D eigenvalue weighted by Crippen LogP contribution is 2.19. The monoisotopic (exact) mass is 564 g/mol. The summed E-state index contributed by atoms with van der Waals surface area (Å²) in [6.07, 6.45) is -0.138. The third kappa shape index (κ3) is 6.68. The van der Waals surface area contributed by atoms with Gasteiger partial charge < -0.3 is 9.47 Å². The highest BCUT2D eigenvalue weighted by molar-refractivity contribution is 9.10. The van der Waals surface area contributed by atoms with Gasteiger partial charge in [-0.3, -0.25) is 29.6 Å². The van der Waals surface area contributed by atoms with Crippen molar-refractivity contribution in [2.24, 2.45) is 5.92 Å². The number of ketones is 1. The lowest BCUT2D eigenvalue weighted by molar-refractivity contribution is -0.147. The largest absolute Gasteiger partial charge is 0.457 e. The Labute approximate surface area is 220 Å². The van der Waals surface area contributed by atoms with Crippen LogP contribution in [0.15, 0.2) is 83.3 Å². The number of ether oxygens (including phenoxy) is 2. The van der Waals surface area contributed by atoms with Crippen LogP contribution in [0.1, 0.15) is 37.5 Å². The summed E-state index contributed by atoms with van der Waals surface area (Å²) in [5, 5.41) is 1.08. The maximum absolute atomic E-state index is 12.5. The van der Waals surface area contributed by atoms with Crippen LogP contribution in [0, 0.1) is 5.92 Å². The van der Waals surface area contributed by atoms with E-state index in [0.29, 0.717) is 11.1 Å². The summed E-state index contributed by atoms with van der Waals surface area (Å²) < 4.78 is 11.3. The molecule has 9 nitrogen and oxygen atoms in total. The lowest BCUT2D eigenvalue weighted by Crippen LogP contribution is -2.43. The molecule has 2 amide bonds. The Morgan fingerprint density at radius 2 is 1.51 bits per heavy atom. The molecule has 3 aromatic rings. The molecule has 1 heterocycles. The van der Waals surface area contributed by atoms with E-state index in [1.807, 2.05) is 0 Å². The molecule has 1 fully saturated rings. The fourth-order valence-corrected chi connectivity index (χ4v) is 3.81. The Bertz CT molecular complexity index is 1330. The minimum absolute atomic E-state index is 0.0527. The standard InChI is InChI=1S/C27H21BrN2O7/c28-21-10-6-19(7-11-21)27(35)37-22-12-8-17(9-13-22)23(31)16-36-26(34)20-14-24(32)30(15-20)29-25(33)18-4-2-1-3-5-18/h1-13,20H,14-16H2,(H,29,33)/t20-/m1/s1. The number of halogens is 1. The van der Waals surface area contributed by atoms with Gasteiger partial charge in [0.15, 0.2) is 12.4 Å². The molecule has 0 saturated carbocycles. The van der Waals surface area contributed by atoms with Crippen molar-refractivity contribution >= 4 is 45.5 Å². The molecule has 1 aliphatic heterocycles. The highest BCUT2D eigenvalue weighted by atomic mass is 79.9. The third-order valence-electron chi connectivity index (χ3n) is 5.54. The number of nitrogens with zero attached hydrogens (tertiary/aromatic N) is 1. The van der Waals surface area contributed by atoms with E-state index in [-0.39, 0.29) is 24.3 Å². The van der Waals surface area contributed by atoms with Crippen LogP contribution in [0.4, 0.5) is 0 Å². The minimum atomic E-state index is -0.809. The van der Waals surface area contributed by atoms with Gasteiger partial charge in [-0.1, -0.05) is 34.1 Å². The van der Waals surface area contributed by atoms with Gasteiger partial charge in [-0.15, -0.1) is 0 Å². The average molecular weight is 565 g/mol. The van der Waals surface area contributed by atoms with Crippen molar-refractivity contribution in [3.8, 4) is 5.75 Å². The molecule has 1 saturated heterocycles. The van der Waals surface area contributed by atoms with Gasteiger partial charge in [-0.2, -0.15) is 0 Å². The van der Waals surface area contributed by atoms with E-state index in [0.717, 1.165) is 9.48 Å². The molecular formula is C27H21BrN2O7. The summed E-state index contributed by atoms with van der Waals surface area (Å²) >= 11 is 3.30. The van der Waals surface area contributed by atoms with Gasteiger partial charge in [-0.25, -0.2) is 4.79 Å². The van der Waals surface area contributed by atoms with E-state index in [4.69, 9.17) is 9.47 Å². The quantitative estimate of drug-likeness (QED) is 0.252. The van der Waals surface area contributed by atoms with Crippen LogP contribution in [-0.2, 0) is 14.3 Å². The number of benzene rings is 3. The second kappa shape index (κ2) is 11.6. The Balaban J connectivity index is 1.25. The van der Waals surface area contributed by atoms with Crippen molar-refractivity contribution in [1.29, 1.82) is 0 Å². The van der Waals surface area contributed by atoms with Crippen molar-refractivity contribution in [2.45, 2.75) is 6.42 Å². The number of amides is 2. The van der Waals surface area contributed by atoms with Crippen molar-refractivity contribution in [3.63, 3.8) is 0 Å². The fraction of sp³-hybridized carbons (Fsp3) is 0.148. The van der Waals surface area contributed by atoms with Gasteiger partial charge in [0.05, 0.1) is 18.0 Å². The summed E-state index contributed by atoms with van der Waals surface area (Å²) in [4.78, 5) is 61.6. The molecule has 4 rings (SSSR count). The van der Waals surface area contributed by atoms with E-state index in [2.05, 4.69) is 21.4 Å². The molecule has 0 unspecified atom stereocenters. The molecule has 0 bridgehead atoms. The maximum Gasteiger partial charge on any atom is 0.343 e. The van der Waals surface area contributed by atoms with Crippen LogP contribution in [0.2, 0.25) is 0 Å². The zero-order valence-corrected chi connectivity index (χ0v) is 21.0. The molecule has 0 radical (unpaired) electrons. The summed E-state index contributed by atoms with van der Waals surface area (Å²) in [7, 11) is 0. The number of esters is 2. The lowest BCUT2D eigenvalue weighted by atomic mass is 10.1. The third-order valence-corrected chi connectivity index (χ3v) is 6.07. The van der Waals surface area contributed by atoms with Gasteiger partial charge in [0, 0.05) is 22.0 Å². The number of carbonyl (C=O) groups excluding carboxylic acids is 5. The first-order valence-electron chi connectivity index (χ1n) is 11.2. The molecule has 0 aromatic heterocycles. The van der Waals surface area contributed by atoms with Gasteiger partial charge in [0.25, 0.3) is 5.91 Å². The van der Waals surface area contributed by atoms with Gasteiger partial charge in [0.2, 0.25) is 5.91 Å². The normalized spacial score (nSPS) is 14.7. The molecule has 0 aliphatic carbocycles. The number of rotatable bonds is 8. The summed E-state index contributed by atoms with van der Waals surface area (Å²) in [6, 6.07) is 20.9. The van der Waals surface area contributed by atoms with E-state index >= 15 is 0 Å². The zero-order chi connectivity index (χ0) is 26.4. The average Bonchev–Trinajstić information content (AvgIpc) is 3.28. The molecule has 3 aromatic carbocycles. The van der Waals surface area contributed by atoms with Crippen LogP contribution >= 0.6 is 15.9 Å². The highest BCUT2D eigenvalue weighted by Gasteiger charge is 2.36. The summed E-state index contributed by atoms with van der Waals surface area (Å²) in [5.41, 5.74) is 3.49. The van der Waals surface area contributed by atoms with Crippen molar-refractivity contribution in [1.82, 2.24) is 10.4 Å². The second-order valence-corrected chi connectivity index (χ2v) is 9.08. The lowest BCUT2D eigenvalue weighted by Gasteiger charge is -2.17. The molecule has 1 atom stereocenters. The number of hydrogen-bond acceptors (Lipinski definition) is 7. The van der Waals surface area contributed by atoms with Crippen LogP contribution in [0.5, 0.6) is 5.75 Å². The van der Waals surface area contributed by atoms with Crippen LogP contribution in [-0.4, -0.2) is 47.7 Å². The molecule has 37 heavy (non-hydrogen) atoms. The van der Waals surface area contributed by atoms with Crippen LogP contribution in [0.3, 0.4) is 0 Å². The first-order chi connectivity index (χ1) is 17.8. The Hall–Kier alpha value is -4.31. The number of hydrogen-bond donors (Lipinski definition) is 1. The predicted molar refractivity (Wildman–Crippen MR) is 135 cm³/mol. The van der Waals surface area contributed by atoms with Crippen molar-refractivity contribution < 1.29 is 33.4 Å². The first-order valence-corrected chi connectivity index (χ1v) is 12.0. The Morgan fingerprint density at radius 3 is 2.19 bits per heavy atom. The molecule has 1 aliphatic rings. The summed E-state index contributed by atoms with van der Waals surface area (Å²) in [5.74, 6) is -3.16. The fourth-order valence-electron chi connectivity index (χ4n) is 3.55. The number of Topliss-reactive ketones (excluding diaryl/α,β-unsaturated/α-hetero) is 1. The topological polar surface area (TPSA) is 119 Å². The molecule has 10 heteroatoms. The zero-order valence-electron chi connectivity index (χ0n) is 19.4. The SMILES string of the molecule is O=C(COC(=O)[C@@H]1CC(=O)N(NC(=O)c2ccccc2)C1)c1ccc(OC(=O)c2ccc(Br)cc2)cc1. The molecular weight excluding hydrogens is 544 g/mol. The summed E-state index contributed by atoms with van der Waals surface area (Å²) in [6.45, 7) is -0.569. The van der Waals surface area contributed by atoms with E-state index < -0.39 is 42.1 Å². The van der Waals surface area contributed by atoms with Crippen molar-refractivity contribution in [2.75, 3.05) is 13.2 Å².